The molecule has 0 aliphatic rings. The van der Waals surface area contributed by atoms with E-state index >= 15 is 0 Å². The summed E-state index contributed by atoms with van der Waals surface area (Å²) in [5, 5.41) is 0. The molecule has 2 rings (SSSR count). The topological polar surface area (TPSA) is 0 Å². The number of rotatable bonds is 6. The van der Waals surface area contributed by atoms with Crippen LogP contribution in [0.1, 0.15) is 58.1 Å². The summed E-state index contributed by atoms with van der Waals surface area (Å²) in [5.41, 5.74) is 6.48. The Bertz CT molecular complexity index is 544. The average Bonchev–Trinajstić information content (AvgIpc) is 2.58. The van der Waals surface area contributed by atoms with Crippen molar-refractivity contribution in [3.63, 3.8) is 0 Å². The lowest BCUT2D eigenvalue weighted by atomic mass is 9.98. The normalized spacial score (nSPS) is 9.82. The first-order valence-electron chi connectivity index (χ1n) is 8.62. The van der Waals surface area contributed by atoms with Gasteiger partial charge in [0.1, 0.15) is 0 Å². The van der Waals surface area contributed by atoms with Crippen LogP contribution in [0.2, 0.25) is 0 Å². The number of aryl methyl sites for hydroxylation is 1. The number of benzene rings is 2. The fourth-order valence-electron chi connectivity index (χ4n) is 2.50. The molecule has 0 spiro atoms. The zero-order chi connectivity index (χ0) is 16.4. The van der Waals surface area contributed by atoms with Crippen molar-refractivity contribution >= 4 is 5.57 Å². The average molecular weight is 294 g/mol. The Balaban J connectivity index is 0.00000116. The predicted octanol–water partition coefficient (Wildman–Crippen LogP) is 7.15. The van der Waals surface area contributed by atoms with E-state index in [9.17, 15) is 0 Å². The predicted molar refractivity (Wildman–Crippen MR) is 101 cm³/mol. The van der Waals surface area contributed by atoms with Gasteiger partial charge >= 0.3 is 0 Å². The zero-order valence-electron chi connectivity index (χ0n) is 14.7. The summed E-state index contributed by atoms with van der Waals surface area (Å²) < 4.78 is 0. The molecule has 0 atom stereocenters. The van der Waals surface area contributed by atoms with Crippen LogP contribution >= 0.6 is 0 Å². The lowest BCUT2D eigenvalue weighted by Gasteiger charge is -2.07. The quantitative estimate of drug-likeness (QED) is 0.531. The van der Waals surface area contributed by atoms with Crippen LogP contribution in [0.3, 0.4) is 0 Å². The van der Waals surface area contributed by atoms with E-state index < -0.39 is 0 Å². The maximum absolute atomic E-state index is 4.15. The highest BCUT2D eigenvalue weighted by Crippen LogP contribution is 2.24. The van der Waals surface area contributed by atoms with Gasteiger partial charge in [0.15, 0.2) is 0 Å². The third-order valence-corrected chi connectivity index (χ3v) is 3.67. The van der Waals surface area contributed by atoms with Gasteiger partial charge in [0.25, 0.3) is 0 Å². The molecule has 0 aliphatic heterocycles. The minimum Gasteiger partial charge on any atom is -0.0952 e. The van der Waals surface area contributed by atoms with Gasteiger partial charge < -0.3 is 0 Å². The minimum absolute atomic E-state index is 1.07. The molecule has 0 saturated heterocycles. The Morgan fingerprint density at radius 3 is 1.73 bits per heavy atom. The Labute approximate surface area is 136 Å². The van der Waals surface area contributed by atoms with E-state index in [0.717, 1.165) is 19.3 Å². The fourth-order valence-corrected chi connectivity index (χ4v) is 2.50. The Hall–Kier alpha value is -1.82. The van der Waals surface area contributed by atoms with Crippen LogP contribution in [-0.2, 0) is 6.42 Å². The summed E-state index contributed by atoms with van der Waals surface area (Å²) in [6.45, 7) is 12.6. The summed E-state index contributed by atoms with van der Waals surface area (Å²) >= 11 is 0. The Morgan fingerprint density at radius 2 is 1.27 bits per heavy atom. The molecule has 0 aromatic heterocycles. The van der Waals surface area contributed by atoms with Gasteiger partial charge in [-0.25, -0.2) is 0 Å². The largest absolute Gasteiger partial charge is 0.0952 e. The molecule has 0 unspecified atom stereocenters. The van der Waals surface area contributed by atoms with Crippen LogP contribution in [0.15, 0.2) is 55.1 Å². The van der Waals surface area contributed by atoms with Crippen LogP contribution in [0.5, 0.6) is 0 Å². The molecular weight excluding hydrogens is 264 g/mol. The summed E-state index contributed by atoms with van der Waals surface area (Å²) in [4.78, 5) is 0. The van der Waals surface area contributed by atoms with Crippen molar-refractivity contribution in [1.29, 1.82) is 0 Å². The molecule has 0 radical (unpaired) electrons. The van der Waals surface area contributed by atoms with Gasteiger partial charge in [-0.3, -0.25) is 0 Å². The van der Waals surface area contributed by atoms with Crippen LogP contribution in [0.25, 0.3) is 16.7 Å². The molecule has 0 fully saturated rings. The highest BCUT2D eigenvalue weighted by Gasteiger charge is 2.01. The number of hydrogen-bond donors (Lipinski definition) is 0. The third-order valence-electron chi connectivity index (χ3n) is 3.67. The molecule has 0 bridgehead atoms. The lowest BCUT2D eigenvalue weighted by molar-refractivity contribution is 0.922. The highest BCUT2D eigenvalue weighted by molar-refractivity contribution is 5.69. The second-order valence-corrected chi connectivity index (χ2v) is 5.38. The van der Waals surface area contributed by atoms with Gasteiger partial charge in [0.05, 0.1) is 0 Å². The molecule has 2 aromatic carbocycles. The van der Waals surface area contributed by atoms with Crippen molar-refractivity contribution in [2.45, 2.75) is 53.4 Å². The molecule has 0 N–H and O–H groups in total. The summed E-state index contributed by atoms with van der Waals surface area (Å²) in [6, 6.07) is 17.7. The van der Waals surface area contributed by atoms with E-state index in [-0.39, 0.29) is 0 Å². The van der Waals surface area contributed by atoms with E-state index in [0.29, 0.717) is 0 Å². The van der Waals surface area contributed by atoms with Crippen molar-refractivity contribution in [3.05, 3.63) is 66.2 Å². The van der Waals surface area contributed by atoms with Gasteiger partial charge in [-0.1, -0.05) is 95.6 Å². The molecule has 0 amide bonds. The second kappa shape index (κ2) is 10.00. The minimum atomic E-state index is 1.07. The summed E-state index contributed by atoms with van der Waals surface area (Å²) in [6.07, 6.45) is 4.59. The van der Waals surface area contributed by atoms with E-state index in [1.807, 2.05) is 13.8 Å². The van der Waals surface area contributed by atoms with Crippen LogP contribution in [0.4, 0.5) is 0 Å². The second-order valence-electron chi connectivity index (χ2n) is 5.38. The third kappa shape index (κ3) is 5.18. The standard InChI is InChI=1S/C20H24.C2H6/c1-4-6-16(3)18-12-14-20(15-13-18)19-10-8-17(7-5-2)9-11-19;1-2/h8-15H,3-7H2,1-2H3;1-2H3. The van der Waals surface area contributed by atoms with Crippen molar-refractivity contribution in [1.82, 2.24) is 0 Å². The van der Waals surface area contributed by atoms with Gasteiger partial charge in [0.2, 0.25) is 0 Å². The maximum Gasteiger partial charge on any atom is -0.0184 e. The maximum atomic E-state index is 4.15. The van der Waals surface area contributed by atoms with Gasteiger partial charge in [-0.15, -0.1) is 0 Å². The first-order chi connectivity index (χ1) is 10.7. The highest BCUT2D eigenvalue weighted by atomic mass is 14.1. The Morgan fingerprint density at radius 1 is 0.773 bits per heavy atom. The van der Waals surface area contributed by atoms with Gasteiger partial charge in [-0.2, -0.15) is 0 Å². The monoisotopic (exact) mass is 294 g/mol. The zero-order valence-corrected chi connectivity index (χ0v) is 14.7. The number of allylic oxidation sites excluding steroid dienone is 1. The fraction of sp³-hybridized carbons (Fsp3) is 0.364. The lowest BCUT2D eigenvalue weighted by Crippen LogP contribution is -1.85. The van der Waals surface area contributed by atoms with Gasteiger partial charge in [0, 0.05) is 0 Å². The molecule has 0 saturated carbocycles. The molecule has 22 heavy (non-hydrogen) atoms. The molecule has 118 valence electrons. The Kier molecular flexibility index (Phi) is 8.28. The first-order valence-corrected chi connectivity index (χ1v) is 8.62. The summed E-state index contributed by atoms with van der Waals surface area (Å²) in [7, 11) is 0. The molecule has 0 heteroatoms. The molecule has 0 nitrogen and oxygen atoms in total. The van der Waals surface area contributed by atoms with E-state index in [2.05, 4.69) is 69.0 Å². The van der Waals surface area contributed by atoms with Crippen molar-refractivity contribution in [2.24, 2.45) is 0 Å². The number of hydrogen-bond acceptors (Lipinski definition) is 0. The van der Waals surface area contributed by atoms with Crippen LogP contribution in [0, 0.1) is 0 Å². The smallest absolute Gasteiger partial charge is 0.0184 e. The summed E-state index contributed by atoms with van der Waals surface area (Å²) in [5.74, 6) is 0. The molecule has 2 aromatic rings. The van der Waals surface area contributed by atoms with Crippen molar-refractivity contribution in [3.8, 4) is 11.1 Å². The molecule has 0 aliphatic carbocycles. The van der Waals surface area contributed by atoms with Crippen molar-refractivity contribution in [2.75, 3.05) is 0 Å². The SMILES string of the molecule is C=C(CCC)c1ccc(-c2ccc(CCC)cc2)cc1.CC. The van der Waals surface area contributed by atoms with Crippen molar-refractivity contribution < 1.29 is 0 Å². The molecule has 0 heterocycles. The first kappa shape index (κ1) is 18.2. The molecular formula is C22H30. The van der Waals surface area contributed by atoms with Gasteiger partial charge in [-0.05, 0) is 40.7 Å². The van der Waals surface area contributed by atoms with E-state index in [1.165, 1.54) is 34.2 Å². The van der Waals surface area contributed by atoms with Crippen LogP contribution in [-0.4, -0.2) is 0 Å². The van der Waals surface area contributed by atoms with E-state index in [4.69, 9.17) is 0 Å². The van der Waals surface area contributed by atoms with Crippen LogP contribution < -0.4 is 0 Å². The van der Waals surface area contributed by atoms with E-state index in [1.54, 1.807) is 0 Å².